The topological polar surface area (TPSA) is 95.9 Å². The van der Waals surface area contributed by atoms with E-state index in [4.69, 9.17) is 9.84 Å². The van der Waals surface area contributed by atoms with Crippen LogP contribution in [0.4, 0.5) is 0 Å². The number of aliphatic carboxylic acids is 2. The van der Waals surface area contributed by atoms with Gasteiger partial charge in [-0.2, -0.15) is 0 Å². The van der Waals surface area contributed by atoms with Gasteiger partial charge in [-0.05, 0) is 76.0 Å². The fourth-order valence-electron chi connectivity index (χ4n) is 11.9. The van der Waals surface area contributed by atoms with Crippen LogP contribution >= 0.6 is 0 Å². The molecule has 1 aliphatic carbocycles. The molecule has 1 spiro atoms. The third-order valence-electron chi connectivity index (χ3n) is 16.0. The molecular formula is C57H109NO5. The van der Waals surface area contributed by atoms with Crippen molar-refractivity contribution in [2.24, 2.45) is 22.7 Å². The molecule has 0 bridgehead atoms. The van der Waals surface area contributed by atoms with Crippen molar-refractivity contribution in [1.29, 1.82) is 0 Å². The second-order valence-electron chi connectivity index (χ2n) is 21.6. The number of hydrogen-bond acceptors (Lipinski definition) is 4. The van der Waals surface area contributed by atoms with Crippen molar-refractivity contribution in [3.63, 3.8) is 0 Å². The van der Waals surface area contributed by atoms with Gasteiger partial charge in [-0.1, -0.05) is 233 Å². The van der Waals surface area contributed by atoms with Crippen molar-refractivity contribution in [2.75, 3.05) is 13.2 Å². The Morgan fingerprint density at radius 1 is 0.492 bits per heavy atom. The molecule has 2 rings (SSSR count). The first-order valence-corrected chi connectivity index (χ1v) is 28.6. The fraction of sp³-hybridized carbons (Fsp3) is 0.965. The highest BCUT2D eigenvalue weighted by molar-refractivity contribution is 5.75. The summed E-state index contributed by atoms with van der Waals surface area (Å²) in [7, 11) is 0. The molecule has 1 atom stereocenters. The average molecular weight is 889 g/mol. The first kappa shape index (κ1) is 58.0. The second kappa shape index (κ2) is 37.9. The third kappa shape index (κ3) is 25.5. The molecule has 1 unspecified atom stereocenters. The molecule has 0 aromatic carbocycles. The van der Waals surface area contributed by atoms with Crippen LogP contribution in [-0.2, 0) is 14.3 Å². The summed E-state index contributed by atoms with van der Waals surface area (Å²) in [5.74, 6) is -0.525. The molecule has 3 N–H and O–H groups in total. The van der Waals surface area contributed by atoms with Gasteiger partial charge in [-0.25, -0.2) is 0 Å². The van der Waals surface area contributed by atoms with Gasteiger partial charge in [-0.15, -0.1) is 0 Å². The summed E-state index contributed by atoms with van der Waals surface area (Å²) in [6.07, 6.45) is 51.2. The molecule has 0 aromatic heterocycles. The average Bonchev–Trinajstić information content (AvgIpc) is 3.23. The van der Waals surface area contributed by atoms with E-state index >= 15 is 0 Å². The summed E-state index contributed by atoms with van der Waals surface area (Å²) < 4.78 is 5.58. The van der Waals surface area contributed by atoms with Gasteiger partial charge >= 0.3 is 11.9 Å². The van der Waals surface area contributed by atoms with E-state index in [1.165, 1.54) is 205 Å². The van der Waals surface area contributed by atoms with Gasteiger partial charge in [0.2, 0.25) is 0 Å². The molecular weight excluding hydrogens is 779 g/mol. The smallest absolute Gasteiger partial charge is 0.310 e. The Bertz CT molecular complexity index is 999. The molecule has 63 heavy (non-hydrogen) atoms. The summed E-state index contributed by atoms with van der Waals surface area (Å²) in [6.45, 7) is 11.1. The zero-order chi connectivity index (χ0) is 45.7. The highest BCUT2D eigenvalue weighted by atomic mass is 16.5. The quantitative estimate of drug-likeness (QED) is 0.0527. The molecule has 1 aliphatic heterocycles. The Balaban J connectivity index is 2.21. The lowest BCUT2D eigenvalue weighted by Crippen LogP contribution is -2.60. The van der Waals surface area contributed by atoms with Gasteiger partial charge in [0.25, 0.3) is 0 Å². The molecule has 6 heteroatoms. The first-order valence-electron chi connectivity index (χ1n) is 28.6. The predicted molar refractivity (Wildman–Crippen MR) is 270 cm³/mol. The van der Waals surface area contributed by atoms with E-state index in [0.717, 1.165) is 77.4 Å². The minimum absolute atomic E-state index is 0.294. The summed E-state index contributed by atoms with van der Waals surface area (Å²) >= 11 is 0. The van der Waals surface area contributed by atoms with E-state index < -0.39 is 17.4 Å². The van der Waals surface area contributed by atoms with Gasteiger partial charge in [0.05, 0.1) is 18.6 Å². The van der Waals surface area contributed by atoms with Crippen molar-refractivity contribution in [3.05, 3.63) is 0 Å². The van der Waals surface area contributed by atoms with Crippen molar-refractivity contribution >= 4 is 11.9 Å². The van der Waals surface area contributed by atoms with E-state index in [0.29, 0.717) is 35.8 Å². The van der Waals surface area contributed by atoms with Crippen LogP contribution < -0.4 is 5.32 Å². The molecule has 6 nitrogen and oxygen atoms in total. The maximum atomic E-state index is 14.4. The van der Waals surface area contributed by atoms with Crippen LogP contribution in [0.3, 0.4) is 0 Å². The van der Waals surface area contributed by atoms with Gasteiger partial charge < -0.3 is 20.3 Å². The lowest BCUT2D eigenvalue weighted by molar-refractivity contribution is -0.168. The highest BCUT2D eigenvalue weighted by Crippen LogP contribution is 2.51. The van der Waals surface area contributed by atoms with E-state index in [2.05, 4.69) is 33.0 Å². The van der Waals surface area contributed by atoms with Crippen LogP contribution in [0.5, 0.6) is 0 Å². The molecule has 0 radical (unpaired) electrons. The Morgan fingerprint density at radius 3 is 1.16 bits per heavy atom. The van der Waals surface area contributed by atoms with E-state index in [9.17, 15) is 14.7 Å². The Morgan fingerprint density at radius 2 is 0.825 bits per heavy atom. The van der Waals surface area contributed by atoms with Crippen LogP contribution in [0.15, 0.2) is 0 Å². The Hall–Kier alpha value is -1.14. The zero-order valence-electron chi connectivity index (χ0n) is 42.7. The van der Waals surface area contributed by atoms with E-state index in [1.807, 2.05) is 0 Å². The lowest BCUT2D eigenvalue weighted by Gasteiger charge is -2.54. The van der Waals surface area contributed by atoms with E-state index in [1.54, 1.807) is 0 Å². The summed E-state index contributed by atoms with van der Waals surface area (Å²) in [5.41, 5.74) is -0.132. The molecule has 2 fully saturated rings. The number of rotatable bonds is 48. The first-order chi connectivity index (χ1) is 30.8. The number of ether oxygens (including phenoxy) is 1. The molecule has 1 heterocycles. The molecule has 2 aliphatic rings. The van der Waals surface area contributed by atoms with Crippen molar-refractivity contribution < 1.29 is 24.5 Å². The predicted octanol–water partition coefficient (Wildman–Crippen LogP) is 17.6. The number of hydrogen-bond donors (Lipinski definition) is 3. The minimum atomic E-state index is -0.676. The highest BCUT2D eigenvalue weighted by Gasteiger charge is 2.51. The molecule has 372 valence electrons. The maximum Gasteiger partial charge on any atom is 0.310 e. The largest absolute Gasteiger partial charge is 0.481 e. The van der Waals surface area contributed by atoms with Gasteiger partial charge in [0.1, 0.15) is 0 Å². The van der Waals surface area contributed by atoms with Crippen molar-refractivity contribution in [3.8, 4) is 0 Å². The van der Waals surface area contributed by atoms with Crippen molar-refractivity contribution in [1.82, 2.24) is 5.32 Å². The minimum Gasteiger partial charge on any atom is -0.481 e. The van der Waals surface area contributed by atoms with Crippen LogP contribution in [0.2, 0.25) is 0 Å². The van der Waals surface area contributed by atoms with Gasteiger partial charge in [0.15, 0.2) is 0 Å². The zero-order valence-corrected chi connectivity index (χ0v) is 42.7. The third-order valence-corrected chi connectivity index (χ3v) is 16.0. The fourth-order valence-corrected chi connectivity index (χ4v) is 11.9. The lowest BCUT2D eigenvalue weighted by atomic mass is 9.58. The number of carbonyl (C=O) groups is 2. The Labute approximate surface area is 392 Å². The van der Waals surface area contributed by atoms with Crippen LogP contribution in [-0.4, -0.2) is 47.4 Å². The number of nitrogens with one attached hydrogen (secondary N) is 1. The summed E-state index contributed by atoms with van der Waals surface area (Å²) in [4.78, 5) is 25.3. The summed E-state index contributed by atoms with van der Waals surface area (Å²) in [6, 6.07) is 1.17. The van der Waals surface area contributed by atoms with E-state index in [-0.39, 0.29) is 0 Å². The number of unbranched alkanes of at least 4 members (excludes halogenated alkanes) is 27. The maximum absolute atomic E-state index is 14.4. The normalized spacial score (nSPS) is 15.7. The number of carboxylic acids is 2. The molecule has 0 aromatic rings. The molecule has 0 amide bonds. The SMILES string of the molecule is CCCCCCCCC(CCCCCCCC)C(CCCCCCC(CCCCCCCC(=O)O)NC1CC2(COC2)C1)(C(=O)O)C(CCCCCCCC)CCCCCCCC. The number of carboxylic acid groups (broad SMARTS) is 2. The summed E-state index contributed by atoms with van der Waals surface area (Å²) in [5, 5.41) is 24.9. The van der Waals surface area contributed by atoms with Crippen LogP contribution in [0, 0.1) is 22.7 Å². The standard InChI is InChI=1S/C57H109NO5/c1-5-9-13-17-22-30-38-50(39-31-23-18-14-10-6-2)57(55(61)62,51(40-32-24-19-15-11-7-3)41-33-25-20-16-12-8-4)45-37-29-28-35-43-52(42-34-26-21-27-36-44-54(59)60)58-53-46-56(47-53)48-63-49-56/h50-53,58H,5-49H2,1-4H3,(H,59,60)(H,61,62). The molecule has 1 saturated heterocycles. The second-order valence-corrected chi connectivity index (χ2v) is 21.6. The van der Waals surface area contributed by atoms with Crippen molar-refractivity contribution in [2.45, 2.75) is 316 Å². The van der Waals surface area contributed by atoms with Crippen LogP contribution in [0.25, 0.3) is 0 Å². The van der Waals surface area contributed by atoms with Gasteiger partial charge in [0, 0.05) is 23.9 Å². The van der Waals surface area contributed by atoms with Crippen LogP contribution in [0.1, 0.15) is 304 Å². The van der Waals surface area contributed by atoms with Gasteiger partial charge in [-0.3, -0.25) is 9.59 Å². The molecule has 1 saturated carbocycles. The monoisotopic (exact) mass is 888 g/mol. The Kier molecular flexibility index (Phi) is 34.9.